The van der Waals surface area contributed by atoms with Crippen molar-refractivity contribution >= 4 is 5.91 Å². The lowest BCUT2D eigenvalue weighted by molar-refractivity contribution is 0.0951. The Bertz CT molecular complexity index is 688. The first-order valence-corrected chi connectivity index (χ1v) is 8.67. The molecule has 1 aliphatic carbocycles. The van der Waals surface area contributed by atoms with Crippen LogP contribution in [0.5, 0.6) is 0 Å². The van der Waals surface area contributed by atoms with E-state index in [1.165, 1.54) is 11.1 Å². The van der Waals surface area contributed by atoms with Crippen molar-refractivity contribution in [3.8, 4) is 0 Å². The van der Waals surface area contributed by atoms with Crippen molar-refractivity contribution in [2.45, 2.75) is 58.3 Å². The van der Waals surface area contributed by atoms with Crippen LogP contribution in [0.3, 0.4) is 0 Å². The van der Waals surface area contributed by atoms with E-state index in [-0.39, 0.29) is 11.9 Å². The highest BCUT2D eigenvalue weighted by molar-refractivity contribution is 5.94. The van der Waals surface area contributed by atoms with Gasteiger partial charge in [0.05, 0.1) is 12.2 Å². The van der Waals surface area contributed by atoms with Crippen LogP contribution in [0.1, 0.15) is 54.2 Å². The highest BCUT2D eigenvalue weighted by Gasteiger charge is 2.23. The molecule has 0 spiro atoms. The van der Waals surface area contributed by atoms with Gasteiger partial charge in [0.1, 0.15) is 0 Å². The lowest BCUT2D eigenvalue weighted by Crippen LogP contribution is -2.33. The maximum atomic E-state index is 12.0. The van der Waals surface area contributed by atoms with Gasteiger partial charge in [0.25, 0.3) is 5.91 Å². The normalized spacial score (nSPS) is 16.6. The number of carbonyl (C=O) groups is 1. The number of aryl methyl sites for hydroxylation is 1. The minimum atomic E-state index is 0.0352. The fourth-order valence-corrected chi connectivity index (χ4v) is 2.60. The Hall–Kier alpha value is -2.14. The Labute approximate surface area is 143 Å². The van der Waals surface area contributed by atoms with Gasteiger partial charge in [-0.1, -0.05) is 12.1 Å². The summed E-state index contributed by atoms with van der Waals surface area (Å²) in [7, 11) is 0. The molecule has 5 nitrogen and oxygen atoms in total. The molecule has 0 saturated heterocycles. The zero-order valence-corrected chi connectivity index (χ0v) is 14.6. The average molecular weight is 326 g/mol. The summed E-state index contributed by atoms with van der Waals surface area (Å²) in [6, 6.07) is 8.81. The second-order valence-electron chi connectivity index (χ2n) is 6.85. The fourth-order valence-electron chi connectivity index (χ4n) is 2.60. The highest BCUT2D eigenvalue weighted by atomic mass is 16.1. The molecule has 1 aliphatic rings. The summed E-state index contributed by atoms with van der Waals surface area (Å²) in [6.07, 6.45) is 6.17. The Morgan fingerprint density at radius 1 is 1.29 bits per heavy atom. The van der Waals surface area contributed by atoms with Crippen LogP contribution in [0.15, 0.2) is 36.7 Å². The lowest BCUT2D eigenvalue weighted by atomic mass is 10.1. The number of carbonyl (C=O) groups excluding carboxylic acids is 1. The zero-order valence-electron chi connectivity index (χ0n) is 14.6. The third-order valence-corrected chi connectivity index (χ3v) is 4.63. The molecule has 128 valence electrons. The van der Waals surface area contributed by atoms with E-state index in [0.29, 0.717) is 12.1 Å². The summed E-state index contributed by atoms with van der Waals surface area (Å²) < 4.78 is 2.00. The largest absolute Gasteiger partial charge is 0.349 e. The van der Waals surface area contributed by atoms with Crippen LogP contribution in [0.4, 0.5) is 0 Å². The SMILES string of the molecule is Cc1cnn([C@H](C)[C@H](C)NCc2ccc(C(=O)NC3CC3)cc2)c1. The quantitative estimate of drug-likeness (QED) is 0.822. The third kappa shape index (κ3) is 4.23. The molecule has 3 rings (SSSR count). The molecule has 1 saturated carbocycles. The van der Waals surface area contributed by atoms with E-state index in [0.717, 1.165) is 24.9 Å². The van der Waals surface area contributed by atoms with Gasteiger partial charge in [0.2, 0.25) is 0 Å². The molecule has 0 aliphatic heterocycles. The van der Waals surface area contributed by atoms with E-state index in [9.17, 15) is 4.79 Å². The van der Waals surface area contributed by atoms with Crippen molar-refractivity contribution in [1.29, 1.82) is 0 Å². The second-order valence-corrected chi connectivity index (χ2v) is 6.85. The van der Waals surface area contributed by atoms with Crippen LogP contribution in [-0.2, 0) is 6.54 Å². The Kier molecular flexibility index (Phi) is 5.00. The molecule has 1 heterocycles. The van der Waals surface area contributed by atoms with Gasteiger partial charge < -0.3 is 10.6 Å². The average Bonchev–Trinajstić information content (AvgIpc) is 3.30. The van der Waals surface area contributed by atoms with Crippen LogP contribution < -0.4 is 10.6 Å². The molecule has 5 heteroatoms. The summed E-state index contributed by atoms with van der Waals surface area (Å²) in [5.41, 5.74) is 3.09. The van der Waals surface area contributed by atoms with E-state index in [1.54, 1.807) is 0 Å². The molecule has 1 aromatic heterocycles. The van der Waals surface area contributed by atoms with E-state index in [1.807, 2.05) is 35.1 Å². The number of hydrogen-bond acceptors (Lipinski definition) is 3. The molecule has 0 radical (unpaired) electrons. The van der Waals surface area contributed by atoms with Crippen LogP contribution in [0.2, 0.25) is 0 Å². The van der Waals surface area contributed by atoms with Crippen LogP contribution in [0, 0.1) is 6.92 Å². The highest BCUT2D eigenvalue weighted by Crippen LogP contribution is 2.19. The van der Waals surface area contributed by atoms with Crippen molar-refractivity contribution in [3.63, 3.8) is 0 Å². The van der Waals surface area contributed by atoms with Crippen LogP contribution in [-0.4, -0.2) is 27.8 Å². The molecule has 2 atom stereocenters. The minimum absolute atomic E-state index is 0.0352. The maximum absolute atomic E-state index is 12.0. The van der Waals surface area contributed by atoms with Gasteiger partial charge >= 0.3 is 0 Å². The van der Waals surface area contributed by atoms with Crippen LogP contribution in [0.25, 0.3) is 0 Å². The first-order chi connectivity index (χ1) is 11.5. The lowest BCUT2D eigenvalue weighted by Gasteiger charge is -2.22. The number of amides is 1. The monoisotopic (exact) mass is 326 g/mol. The van der Waals surface area contributed by atoms with Crippen molar-refractivity contribution in [1.82, 2.24) is 20.4 Å². The first-order valence-electron chi connectivity index (χ1n) is 8.67. The maximum Gasteiger partial charge on any atom is 0.251 e. The molecular weight excluding hydrogens is 300 g/mol. The smallest absolute Gasteiger partial charge is 0.251 e. The Morgan fingerprint density at radius 3 is 2.58 bits per heavy atom. The number of nitrogens with one attached hydrogen (secondary N) is 2. The van der Waals surface area contributed by atoms with Gasteiger partial charge in [-0.25, -0.2) is 0 Å². The Balaban J connectivity index is 1.51. The number of rotatable bonds is 7. The van der Waals surface area contributed by atoms with Gasteiger partial charge in [-0.05, 0) is 56.9 Å². The molecule has 0 unspecified atom stereocenters. The number of hydrogen-bond donors (Lipinski definition) is 2. The molecule has 24 heavy (non-hydrogen) atoms. The van der Waals surface area contributed by atoms with Crippen LogP contribution >= 0.6 is 0 Å². The molecule has 2 aromatic rings. The van der Waals surface area contributed by atoms with Gasteiger partial charge in [0.15, 0.2) is 0 Å². The summed E-state index contributed by atoms with van der Waals surface area (Å²) in [5, 5.41) is 10.9. The standard InChI is InChI=1S/C19H26N4O/c1-13-10-21-23(12-13)15(3)14(2)20-11-16-4-6-17(7-5-16)19(24)22-18-8-9-18/h4-7,10,12,14-15,18,20H,8-9,11H2,1-3H3,(H,22,24)/t14-,15+/m0/s1. The zero-order chi connectivity index (χ0) is 17.1. The summed E-state index contributed by atoms with van der Waals surface area (Å²) >= 11 is 0. The van der Waals surface area contributed by atoms with Gasteiger partial charge in [-0.15, -0.1) is 0 Å². The first kappa shape index (κ1) is 16.7. The number of aromatic nitrogens is 2. The topological polar surface area (TPSA) is 59.0 Å². The summed E-state index contributed by atoms with van der Waals surface area (Å²) in [6.45, 7) is 7.15. The summed E-state index contributed by atoms with van der Waals surface area (Å²) in [4.78, 5) is 12.0. The molecule has 0 bridgehead atoms. The molecular formula is C19H26N4O. The van der Waals surface area contributed by atoms with Gasteiger partial charge in [0, 0.05) is 30.4 Å². The van der Waals surface area contributed by atoms with Gasteiger partial charge in [-0.2, -0.15) is 5.10 Å². The van der Waals surface area contributed by atoms with E-state index >= 15 is 0 Å². The van der Waals surface area contributed by atoms with E-state index < -0.39 is 0 Å². The van der Waals surface area contributed by atoms with Gasteiger partial charge in [-0.3, -0.25) is 9.48 Å². The number of benzene rings is 1. The van der Waals surface area contributed by atoms with Crippen molar-refractivity contribution in [3.05, 3.63) is 53.3 Å². The third-order valence-electron chi connectivity index (χ3n) is 4.63. The molecule has 1 fully saturated rings. The second kappa shape index (κ2) is 7.18. The van der Waals surface area contributed by atoms with Crippen molar-refractivity contribution in [2.75, 3.05) is 0 Å². The molecule has 1 amide bonds. The summed E-state index contributed by atoms with van der Waals surface area (Å²) in [5.74, 6) is 0.0352. The van der Waals surface area contributed by atoms with Crippen molar-refractivity contribution in [2.24, 2.45) is 0 Å². The fraction of sp³-hybridized carbons (Fsp3) is 0.474. The van der Waals surface area contributed by atoms with E-state index in [2.05, 4.69) is 42.7 Å². The van der Waals surface area contributed by atoms with Crippen molar-refractivity contribution < 1.29 is 4.79 Å². The molecule has 1 aromatic carbocycles. The Morgan fingerprint density at radius 2 is 2.00 bits per heavy atom. The molecule has 2 N–H and O–H groups in total. The predicted molar refractivity (Wildman–Crippen MR) is 94.9 cm³/mol. The predicted octanol–water partition coefficient (Wildman–Crippen LogP) is 2.82. The number of nitrogens with zero attached hydrogens (tertiary/aromatic N) is 2. The van der Waals surface area contributed by atoms with E-state index in [4.69, 9.17) is 0 Å². The minimum Gasteiger partial charge on any atom is -0.349 e.